The zero-order valence-electron chi connectivity index (χ0n) is 6.83. The maximum absolute atomic E-state index is 6.02. The van der Waals surface area contributed by atoms with Gasteiger partial charge in [0.25, 0.3) is 0 Å². The van der Waals surface area contributed by atoms with Gasteiger partial charge >= 0.3 is 0 Å². The van der Waals surface area contributed by atoms with Gasteiger partial charge in [-0.25, -0.2) is 0 Å². The van der Waals surface area contributed by atoms with E-state index in [1.54, 1.807) is 0 Å². The average molecular weight is 150 g/mol. The van der Waals surface area contributed by atoms with Gasteiger partial charge in [-0.3, -0.25) is 0 Å². The second-order valence-corrected chi connectivity index (χ2v) is 3.41. The van der Waals surface area contributed by atoms with Gasteiger partial charge in [0, 0.05) is 25.0 Å². The quantitative estimate of drug-likeness (QED) is 0.679. The highest BCUT2D eigenvalue weighted by atomic mass is 15.0. The molecule has 1 heterocycles. The van der Waals surface area contributed by atoms with Crippen LogP contribution in [0.25, 0.3) is 0 Å². The van der Waals surface area contributed by atoms with E-state index in [1.807, 2.05) is 0 Å². The first-order valence-corrected chi connectivity index (χ1v) is 4.16. The molecule has 1 atom stereocenters. The van der Waals surface area contributed by atoms with Crippen LogP contribution in [0.4, 0.5) is 0 Å². The van der Waals surface area contributed by atoms with Crippen molar-refractivity contribution in [1.82, 2.24) is 4.57 Å². The largest absolute Gasteiger partial charge is 0.353 e. The highest BCUT2D eigenvalue weighted by Gasteiger charge is 2.30. The number of hydrogen-bond acceptors (Lipinski definition) is 1. The van der Waals surface area contributed by atoms with Crippen LogP contribution in [0.15, 0.2) is 18.3 Å². The van der Waals surface area contributed by atoms with E-state index >= 15 is 0 Å². The molecule has 0 bridgehead atoms. The van der Waals surface area contributed by atoms with Gasteiger partial charge in [0.05, 0.1) is 0 Å². The summed E-state index contributed by atoms with van der Waals surface area (Å²) in [6, 6.07) is 4.44. The van der Waals surface area contributed by atoms with Crippen LogP contribution < -0.4 is 5.73 Å². The number of aromatic nitrogens is 1. The van der Waals surface area contributed by atoms with Gasteiger partial charge in [-0.15, -0.1) is 0 Å². The van der Waals surface area contributed by atoms with Gasteiger partial charge in [0.2, 0.25) is 0 Å². The molecule has 0 saturated heterocycles. The van der Waals surface area contributed by atoms with Gasteiger partial charge in [-0.1, -0.05) is 0 Å². The van der Waals surface area contributed by atoms with E-state index in [1.165, 1.54) is 18.5 Å². The zero-order valence-corrected chi connectivity index (χ0v) is 6.83. The van der Waals surface area contributed by atoms with Crippen molar-refractivity contribution in [2.75, 3.05) is 0 Å². The van der Waals surface area contributed by atoms with E-state index in [9.17, 15) is 0 Å². The molecule has 0 aliphatic heterocycles. The van der Waals surface area contributed by atoms with Crippen molar-refractivity contribution in [3.8, 4) is 0 Å². The molecule has 0 aromatic carbocycles. The summed E-state index contributed by atoms with van der Waals surface area (Å²) in [7, 11) is 2.05. The van der Waals surface area contributed by atoms with Gasteiger partial charge in [-0.2, -0.15) is 0 Å². The Bertz CT molecular complexity index is 248. The monoisotopic (exact) mass is 150 g/mol. The lowest BCUT2D eigenvalue weighted by molar-refractivity contribution is 0.589. The summed E-state index contributed by atoms with van der Waals surface area (Å²) < 4.78 is 2.11. The molecular formula is C9H14N2. The SMILES string of the molecule is Cn1cccc1C(N)C1CC1. The van der Waals surface area contributed by atoms with Crippen molar-refractivity contribution in [3.63, 3.8) is 0 Å². The first-order chi connectivity index (χ1) is 5.29. The fraction of sp³-hybridized carbons (Fsp3) is 0.556. The molecule has 2 nitrogen and oxygen atoms in total. The third kappa shape index (κ3) is 1.18. The predicted octanol–water partition coefficient (Wildman–Crippen LogP) is 1.43. The van der Waals surface area contributed by atoms with Crippen molar-refractivity contribution >= 4 is 0 Å². The first-order valence-electron chi connectivity index (χ1n) is 4.16. The topological polar surface area (TPSA) is 30.9 Å². The minimum Gasteiger partial charge on any atom is -0.353 e. The van der Waals surface area contributed by atoms with Crippen molar-refractivity contribution in [2.24, 2.45) is 18.7 Å². The van der Waals surface area contributed by atoms with Crippen LogP contribution in [0, 0.1) is 5.92 Å². The van der Waals surface area contributed by atoms with E-state index in [0.29, 0.717) is 0 Å². The Morgan fingerprint density at radius 2 is 2.36 bits per heavy atom. The van der Waals surface area contributed by atoms with Crippen LogP contribution in [-0.4, -0.2) is 4.57 Å². The lowest BCUT2D eigenvalue weighted by Gasteiger charge is -2.10. The van der Waals surface area contributed by atoms with Gasteiger partial charge in [0.1, 0.15) is 0 Å². The molecule has 1 saturated carbocycles. The molecule has 1 unspecified atom stereocenters. The maximum Gasteiger partial charge on any atom is 0.0478 e. The molecule has 2 heteroatoms. The Kier molecular flexibility index (Phi) is 1.50. The van der Waals surface area contributed by atoms with E-state index in [-0.39, 0.29) is 6.04 Å². The molecule has 60 valence electrons. The van der Waals surface area contributed by atoms with Crippen molar-refractivity contribution < 1.29 is 0 Å². The van der Waals surface area contributed by atoms with E-state index in [2.05, 4.69) is 29.9 Å². The molecule has 1 fully saturated rings. The molecule has 11 heavy (non-hydrogen) atoms. The molecule has 2 N–H and O–H groups in total. The van der Waals surface area contributed by atoms with Gasteiger partial charge in [0.15, 0.2) is 0 Å². The van der Waals surface area contributed by atoms with Crippen LogP contribution in [0.2, 0.25) is 0 Å². The Morgan fingerprint density at radius 1 is 1.64 bits per heavy atom. The third-order valence-electron chi connectivity index (χ3n) is 2.46. The minimum absolute atomic E-state index is 0.273. The standard InChI is InChI=1S/C9H14N2/c1-11-6-2-3-8(11)9(10)7-4-5-7/h2-3,6-7,9H,4-5,10H2,1H3. The summed E-state index contributed by atoms with van der Waals surface area (Å²) >= 11 is 0. The summed E-state index contributed by atoms with van der Waals surface area (Å²) in [5.41, 5.74) is 7.30. The van der Waals surface area contributed by atoms with Crippen molar-refractivity contribution in [2.45, 2.75) is 18.9 Å². The second-order valence-electron chi connectivity index (χ2n) is 3.41. The van der Waals surface area contributed by atoms with E-state index in [0.717, 1.165) is 5.92 Å². The number of aryl methyl sites for hydroxylation is 1. The Morgan fingerprint density at radius 3 is 2.82 bits per heavy atom. The second kappa shape index (κ2) is 2.38. The lowest BCUT2D eigenvalue weighted by Crippen LogP contribution is -2.15. The van der Waals surface area contributed by atoms with Crippen LogP contribution in [0.3, 0.4) is 0 Å². The minimum atomic E-state index is 0.273. The van der Waals surface area contributed by atoms with Crippen LogP contribution in [0.1, 0.15) is 24.6 Å². The summed E-state index contributed by atoms with van der Waals surface area (Å²) in [4.78, 5) is 0. The number of nitrogens with two attached hydrogens (primary N) is 1. The Hall–Kier alpha value is -0.760. The smallest absolute Gasteiger partial charge is 0.0478 e. The fourth-order valence-electron chi connectivity index (χ4n) is 1.52. The van der Waals surface area contributed by atoms with Crippen LogP contribution >= 0.6 is 0 Å². The van der Waals surface area contributed by atoms with E-state index in [4.69, 9.17) is 5.73 Å². The molecule has 0 radical (unpaired) electrons. The third-order valence-corrected chi connectivity index (χ3v) is 2.46. The van der Waals surface area contributed by atoms with Crippen LogP contribution in [-0.2, 0) is 7.05 Å². The first kappa shape index (κ1) is 6.92. The summed E-state index contributed by atoms with van der Waals surface area (Å²) in [6.07, 6.45) is 4.68. The summed E-state index contributed by atoms with van der Waals surface area (Å²) in [6.45, 7) is 0. The van der Waals surface area contributed by atoms with Crippen LogP contribution in [0.5, 0.6) is 0 Å². The molecular weight excluding hydrogens is 136 g/mol. The molecule has 0 spiro atoms. The van der Waals surface area contributed by atoms with Gasteiger partial charge < -0.3 is 10.3 Å². The molecule has 1 aromatic heterocycles. The Labute approximate surface area is 67.0 Å². The highest BCUT2D eigenvalue weighted by molar-refractivity contribution is 5.13. The van der Waals surface area contributed by atoms with E-state index < -0.39 is 0 Å². The molecule has 1 aromatic rings. The molecule has 1 aliphatic carbocycles. The maximum atomic E-state index is 6.02. The molecule has 2 rings (SSSR count). The number of hydrogen-bond donors (Lipinski definition) is 1. The summed E-state index contributed by atoms with van der Waals surface area (Å²) in [5, 5.41) is 0. The van der Waals surface area contributed by atoms with Crippen molar-refractivity contribution in [1.29, 1.82) is 0 Å². The summed E-state index contributed by atoms with van der Waals surface area (Å²) in [5.74, 6) is 0.753. The van der Waals surface area contributed by atoms with Crippen molar-refractivity contribution in [3.05, 3.63) is 24.0 Å². The number of nitrogens with zero attached hydrogens (tertiary/aromatic N) is 1. The fourth-order valence-corrected chi connectivity index (χ4v) is 1.52. The highest BCUT2D eigenvalue weighted by Crippen LogP contribution is 2.39. The zero-order chi connectivity index (χ0) is 7.84. The number of rotatable bonds is 2. The normalized spacial score (nSPS) is 20.2. The predicted molar refractivity (Wildman–Crippen MR) is 45.1 cm³/mol. The average Bonchev–Trinajstić information content (AvgIpc) is 2.74. The Balaban J connectivity index is 2.20. The lowest BCUT2D eigenvalue weighted by atomic mass is 10.1. The molecule has 1 aliphatic rings. The molecule has 0 amide bonds. The van der Waals surface area contributed by atoms with Gasteiger partial charge in [-0.05, 0) is 30.9 Å².